The van der Waals surface area contributed by atoms with E-state index in [-0.39, 0.29) is 5.91 Å². The van der Waals surface area contributed by atoms with Gasteiger partial charge in [-0.25, -0.2) is 0 Å². The average molecular weight is 275 g/mol. The molecule has 20 heavy (non-hydrogen) atoms. The summed E-state index contributed by atoms with van der Waals surface area (Å²) in [6, 6.07) is 5.38. The van der Waals surface area contributed by atoms with Crippen LogP contribution in [0.2, 0.25) is 0 Å². The van der Waals surface area contributed by atoms with E-state index in [0.717, 1.165) is 12.2 Å². The molecule has 1 aliphatic carbocycles. The molecule has 4 N–H and O–H groups in total. The van der Waals surface area contributed by atoms with E-state index in [1.807, 2.05) is 6.07 Å². The lowest BCUT2D eigenvalue weighted by atomic mass is 9.75. The van der Waals surface area contributed by atoms with Crippen molar-refractivity contribution in [1.29, 1.82) is 0 Å². The van der Waals surface area contributed by atoms with Gasteiger partial charge >= 0.3 is 0 Å². The molecule has 1 aliphatic rings. The molecule has 1 aromatic rings. The zero-order valence-electron chi connectivity index (χ0n) is 12.5. The van der Waals surface area contributed by atoms with Crippen molar-refractivity contribution in [2.45, 2.75) is 39.0 Å². The zero-order valence-corrected chi connectivity index (χ0v) is 12.5. The molecular weight excluding hydrogens is 250 g/mol. The standard InChI is InChI=1S/C16H25N3O/c1-16(8-4-3-5-9-16)11-19-14-10-12(17)6-7-13(14)15(20)18-2/h6-7,10,19H,3-5,8-9,11,17H2,1-2H3,(H,18,20). The van der Waals surface area contributed by atoms with Crippen LogP contribution in [-0.2, 0) is 0 Å². The van der Waals surface area contributed by atoms with Crippen LogP contribution >= 0.6 is 0 Å². The normalized spacial score (nSPS) is 17.5. The Hall–Kier alpha value is -1.71. The molecule has 0 heterocycles. The molecular formula is C16H25N3O. The van der Waals surface area contributed by atoms with Crippen LogP contribution in [0.25, 0.3) is 0 Å². The van der Waals surface area contributed by atoms with Crippen molar-refractivity contribution < 1.29 is 4.79 Å². The van der Waals surface area contributed by atoms with Crippen LogP contribution in [0.3, 0.4) is 0 Å². The van der Waals surface area contributed by atoms with E-state index >= 15 is 0 Å². The number of anilines is 2. The van der Waals surface area contributed by atoms with Crippen molar-refractivity contribution >= 4 is 17.3 Å². The smallest absolute Gasteiger partial charge is 0.253 e. The summed E-state index contributed by atoms with van der Waals surface area (Å²) in [7, 11) is 1.64. The molecule has 0 atom stereocenters. The van der Waals surface area contributed by atoms with Gasteiger partial charge in [-0.1, -0.05) is 26.2 Å². The summed E-state index contributed by atoms with van der Waals surface area (Å²) >= 11 is 0. The van der Waals surface area contributed by atoms with Gasteiger partial charge in [0, 0.05) is 25.0 Å². The molecule has 4 heteroatoms. The number of rotatable bonds is 4. The zero-order chi connectivity index (χ0) is 14.6. The first-order valence-electron chi connectivity index (χ1n) is 7.40. The Kier molecular flexibility index (Phi) is 4.53. The van der Waals surface area contributed by atoms with Crippen molar-refractivity contribution in [3.63, 3.8) is 0 Å². The fourth-order valence-electron chi connectivity index (χ4n) is 2.93. The van der Waals surface area contributed by atoms with Crippen molar-refractivity contribution in [2.75, 3.05) is 24.6 Å². The number of hydrogen-bond acceptors (Lipinski definition) is 3. The molecule has 4 nitrogen and oxygen atoms in total. The van der Waals surface area contributed by atoms with Gasteiger partial charge in [0.2, 0.25) is 0 Å². The average Bonchev–Trinajstić information content (AvgIpc) is 2.45. The number of nitrogen functional groups attached to an aromatic ring is 1. The Morgan fingerprint density at radius 1 is 1.30 bits per heavy atom. The lowest BCUT2D eigenvalue weighted by Gasteiger charge is -2.34. The van der Waals surface area contributed by atoms with Crippen LogP contribution in [0, 0.1) is 5.41 Å². The van der Waals surface area contributed by atoms with E-state index in [9.17, 15) is 4.79 Å². The Morgan fingerprint density at radius 3 is 2.65 bits per heavy atom. The number of carbonyl (C=O) groups excluding carboxylic acids is 1. The first-order valence-corrected chi connectivity index (χ1v) is 7.40. The predicted octanol–water partition coefficient (Wildman–Crippen LogP) is 3.01. The largest absolute Gasteiger partial charge is 0.399 e. The summed E-state index contributed by atoms with van der Waals surface area (Å²) in [5, 5.41) is 6.11. The monoisotopic (exact) mass is 275 g/mol. The third-order valence-corrected chi connectivity index (χ3v) is 4.28. The van der Waals surface area contributed by atoms with Crippen molar-refractivity contribution in [3.05, 3.63) is 23.8 Å². The Labute approximate surface area is 121 Å². The molecule has 110 valence electrons. The maximum atomic E-state index is 11.9. The van der Waals surface area contributed by atoms with E-state index in [2.05, 4.69) is 17.6 Å². The molecule has 0 aliphatic heterocycles. The van der Waals surface area contributed by atoms with Crippen LogP contribution in [0.15, 0.2) is 18.2 Å². The van der Waals surface area contributed by atoms with Crippen LogP contribution < -0.4 is 16.4 Å². The molecule has 1 amide bonds. The first kappa shape index (κ1) is 14.7. The van der Waals surface area contributed by atoms with Gasteiger partial charge in [-0.2, -0.15) is 0 Å². The Balaban J connectivity index is 2.11. The Morgan fingerprint density at radius 2 is 2.00 bits per heavy atom. The highest BCUT2D eigenvalue weighted by atomic mass is 16.1. The van der Waals surface area contributed by atoms with Gasteiger partial charge in [-0.15, -0.1) is 0 Å². The van der Waals surface area contributed by atoms with Gasteiger partial charge in [-0.05, 0) is 36.5 Å². The molecule has 2 rings (SSSR count). The maximum Gasteiger partial charge on any atom is 0.253 e. The van der Waals surface area contributed by atoms with Crippen molar-refractivity contribution in [3.8, 4) is 0 Å². The molecule has 0 saturated heterocycles. The summed E-state index contributed by atoms with van der Waals surface area (Å²) in [5.74, 6) is -0.0821. The lowest BCUT2D eigenvalue weighted by molar-refractivity contribution is 0.0964. The minimum absolute atomic E-state index is 0.0821. The summed E-state index contributed by atoms with van der Waals surface area (Å²) in [6.45, 7) is 3.21. The molecule has 0 unspecified atom stereocenters. The van der Waals surface area contributed by atoms with Gasteiger partial charge in [0.15, 0.2) is 0 Å². The summed E-state index contributed by atoms with van der Waals surface area (Å²) < 4.78 is 0. The highest BCUT2D eigenvalue weighted by Gasteiger charge is 2.26. The summed E-state index contributed by atoms with van der Waals surface area (Å²) in [4.78, 5) is 11.9. The topological polar surface area (TPSA) is 67.2 Å². The molecule has 0 spiro atoms. The van der Waals surface area contributed by atoms with Gasteiger partial charge in [-0.3, -0.25) is 4.79 Å². The maximum absolute atomic E-state index is 11.9. The third-order valence-electron chi connectivity index (χ3n) is 4.28. The van der Waals surface area contributed by atoms with Gasteiger partial charge in [0.25, 0.3) is 5.91 Å². The van der Waals surface area contributed by atoms with Gasteiger partial charge in [0.05, 0.1) is 5.56 Å². The van der Waals surface area contributed by atoms with Crippen LogP contribution in [0.1, 0.15) is 49.4 Å². The van der Waals surface area contributed by atoms with Crippen LogP contribution in [0.4, 0.5) is 11.4 Å². The fraction of sp³-hybridized carbons (Fsp3) is 0.562. The number of hydrogen-bond donors (Lipinski definition) is 3. The number of nitrogens with two attached hydrogens (primary N) is 1. The number of benzene rings is 1. The van der Waals surface area contributed by atoms with E-state index in [4.69, 9.17) is 5.73 Å². The molecule has 0 bridgehead atoms. The minimum Gasteiger partial charge on any atom is -0.399 e. The molecule has 1 aromatic carbocycles. The first-order chi connectivity index (χ1) is 9.54. The quantitative estimate of drug-likeness (QED) is 0.740. The highest BCUT2D eigenvalue weighted by molar-refractivity contribution is 6.00. The van der Waals surface area contributed by atoms with E-state index < -0.39 is 0 Å². The van der Waals surface area contributed by atoms with Gasteiger partial charge < -0.3 is 16.4 Å². The highest BCUT2D eigenvalue weighted by Crippen LogP contribution is 2.36. The molecule has 1 fully saturated rings. The van der Waals surface area contributed by atoms with Crippen LogP contribution in [0.5, 0.6) is 0 Å². The predicted molar refractivity (Wildman–Crippen MR) is 83.9 cm³/mol. The van der Waals surface area contributed by atoms with Crippen molar-refractivity contribution in [1.82, 2.24) is 5.32 Å². The van der Waals surface area contributed by atoms with E-state index in [0.29, 0.717) is 16.7 Å². The number of carbonyl (C=O) groups is 1. The number of nitrogens with one attached hydrogen (secondary N) is 2. The Bertz CT molecular complexity index is 479. The molecule has 0 aromatic heterocycles. The molecule has 1 saturated carbocycles. The third kappa shape index (κ3) is 3.44. The fourth-order valence-corrected chi connectivity index (χ4v) is 2.93. The van der Waals surface area contributed by atoms with Crippen molar-refractivity contribution in [2.24, 2.45) is 5.41 Å². The van der Waals surface area contributed by atoms with E-state index in [1.54, 1.807) is 19.2 Å². The lowest BCUT2D eigenvalue weighted by Crippen LogP contribution is -2.30. The van der Waals surface area contributed by atoms with Gasteiger partial charge in [0.1, 0.15) is 0 Å². The van der Waals surface area contributed by atoms with E-state index in [1.165, 1.54) is 32.1 Å². The number of amides is 1. The molecule has 0 radical (unpaired) electrons. The second-order valence-corrected chi connectivity index (χ2v) is 6.11. The summed E-state index contributed by atoms with van der Waals surface area (Å²) in [6.07, 6.45) is 6.45. The second-order valence-electron chi connectivity index (χ2n) is 6.11. The second kappa shape index (κ2) is 6.16. The summed E-state index contributed by atoms with van der Waals surface area (Å²) in [5.41, 5.74) is 8.32. The van der Waals surface area contributed by atoms with Crippen LogP contribution in [-0.4, -0.2) is 19.5 Å². The minimum atomic E-state index is -0.0821. The SMILES string of the molecule is CNC(=O)c1ccc(N)cc1NCC1(C)CCCCC1.